The van der Waals surface area contributed by atoms with E-state index < -0.39 is 32.5 Å². The van der Waals surface area contributed by atoms with Crippen LogP contribution in [-0.4, -0.2) is 74.9 Å². The average Bonchev–Trinajstić information content (AvgIpc) is 2.93. The van der Waals surface area contributed by atoms with E-state index in [9.17, 15) is 19.0 Å². The van der Waals surface area contributed by atoms with Crippen LogP contribution in [0.5, 0.6) is 0 Å². The van der Waals surface area contributed by atoms with Crippen LogP contribution in [0.3, 0.4) is 0 Å². The maximum atomic E-state index is 12.4. The number of carbonyl (C=O) groups is 2. The summed E-state index contributed by atoms with van der Waals surface area (Å²) in [6.45, 7) is 4.04. The van der Waals surface area contributed by atoms with E-state index in [1.54, 1.807) is 0 Å². The van der Waals surface area contributed by atoms with Crippen molar-refractivity contribution in [2.75, 3.05) is 47.5 Å². The summed E-state index contributed by atoms with van der Waals surface area (Å²) in [6.07, 6.45) is 23.1. The number of phosphoric ester groups is 1. The van der Waals surface area contributed by atoms with Gasteiger partial charge in [-0.1, -0.05) is 123 Å². The highest BCUT2D eigenvalue weighted by Gasteiger charge is 2.27. The number of esters is 2. The molecule has 256 valence electrons. The first-order valence-corrected chi connectivity index (χ1v) is 18.8. The second-order valence-corrected chi connectivity index (χ2v) is 14.4. The van der Waals surface area contributed by atoms with E-state index in [1.165, 1.54) is 96.3 Å². The smallest absolute Gasteiger partial charge is 0.462 e. The molecule has 0 spiro atoms. The number of ether oxygens (including phenoxy) is 2. The zero-order valence-electron chi connectivity index (χ0n) is 28.5. The molecular weight excluding hydrogens is 569 g/mol. The Morgan fingerprint density at radius 1 is 0.628 bits per heavy atom. The summed E-state index contributed by atoms with van der Waals surface area (Å²) in [4.78, 5) is 34.2. The lowest BCUT2D eigenvalue weighted by Gasteiger charge is -2.24. The zero-order valence-corrected chi connectivity index (χ0v) is 29.3. The molecule has 0 aliphatic heterocycles. The third-order valence-corrected chi connectivity index (χ3v) is 8.34. The van der Waals surface area contributed by atoms with Crippen molar-refractivity contribution in [1.29, 1.82) is 0 Å². The molecular formula is C33H67NO8P+. The van der Waals surface area contributed by atoms with Gasteiger partial charge in [-0.05, 0) is 12.8 Å². The number of carbonyl (C=O) groups excluding carboxylic acids is 2. The molecule has 0 aromatic carbocycles. The quantitative estimate of drug-likeness (QED) is 0.0349. The van der Waals surface area contributed by atoms with Gasteiger partial charge in [0.25, 0.3) is 0 Å². The first kappa shape index (κ1) is 42.0. The van der Waals surface area contributed by atoms with E-state index in [0.717, 1.165) is 12.8 Å². The van der Waals surface area contributed by atoms with Gasteiger partial charge in [0, 0.05) is 12.8 Å². The monoisotopic (exact) mass is 636 g/mol. The third kappa shape index (κ3) is 30.8. The van der Waals surface area contributed by atoms with Crippen LogP contribution in [0.15, 0.2) is 0 Å². The van der Waals surface area contributed by atoms with Gasteiger partial charge in [-0.2, -0.15) is 0 Å². The molecule has 2 atom stereocenters. The topological polar surface area (TPSA) is 108 Å². The summed E-state index contributed by atoms with van der Waals surface area (Å²) in [5.74, 6) is -0.853. The lowest BCUT2D eigenvalue weighted by Crippen LogP contribution is -2.37. The van der Waals surface area contributed by atoms with Crippen molar-refractivity contribution in [3.8, 4) is 0 Å². The largest absolute Gasteiger partial charge is 0.472 e. The van der Waals surface area contributed by atoms with Crippen molar-refractivity contribution in [1.82, 2.24) is 0 Å². The molecule has 0 bridgehead atoms. The van der Waals surface area contributed by atoms with Crippen LogP contribution in [0.25, 0.3) is 0 Å². The predicted molar refractivity (Wildman–Crippen MR) is 174 cm³/mol. The van der Waals surface area contributed by atoms with Crippen LogP contribution in [-0.2, 0) is 32.7 Å². The maximum Gasteiger partial charge on any atom is 0.472 e. The number of quaternary nitrogens is 1. The van der Waals surface area contributed by atoms with E-state index in [2.05, 4.69) is 6.92 Å². The Morgan fingerprint density at radius 3 is 1.53 bits per heavy atom. The lowest BCUT2D eigenvalue weighted by molar-refractivity contribution is -0.870. The number of likely N-dealkylation sites (N-methyl/N-ethyl adjacent to an activating group) is 1. The predicted octanol–water partition coefficient (Wildman–Crippen LogP) is 8.51. The molecule has 10 heteroatoms. The molecule has 1 N–H and O–H groups in total. The van der Waals surface area contributed by atoms with Crippen LogP contribution in [0.1, 0.15) is 149 Å². The minimum absolute atomic E-state index is 0.0343. The van der Waals surface area contributed by atoms with E-state index in [0.29, 0.717) is 23.9 Å². The second kappa shape index (κ2) is 27.3. The summed E-state index contributed by atoms with van der Waals surface area (Å²) in [5, 5.41) is 0. The Labute approximate surface area is 264 Å². The normalized spacial score (nSPS) is 13.9. The SMILES string of the molecule is CCCCCCCCCCCCCCCCCCCCC(=O)OC(COC(=O)CCC)COP(=O)(O)OCC[N+](C)(C)C. The molecule has 2 unspecified atom stereocenters. The molecule has 0 aromatic heterocycles. The van der Waals surface area contributed by atoms with Gasteiger partial charge < -0.3 is 18.9 Å². The fourth-order valence-electron chi connectivity index (χ4n) is 4.64. The number of hydrogen-bond donors (Lipinski definition) is 1. The second-order valence-electron chi connectivity index (χ2n) is 12.9. The minimum atomic E-state index is -4.33. The highest BCUT2D eigenvalue weighted by molar-refractivity contribution is 7.47. The van der Waals surface area contributed by atoms with Crippen LogP contribution in [0.4, 0.5) is 0 Å². The van der Waals surface area contributed by atoms with Gasteiger partial charge in [-0.15, -0.1) is 0 Å². The first-order chi connectivity index (χ1) is 20.5. The highest BCUT2D eigenvalue weighted by Crippen LogP contribution is 2.43. The first-order valence-electron chi connectivity index (χ1n) is 17.3. The Bertz CT molecular complexity index is 728. The number of unbranched alkanes of at least 4 members (excludes halogenated alkanes) is 17. The van der Waals surface area contributed by atoms with Crippen molar-refractivity contribution in [2.24, 2.45) is 0 Å². The molecule has 0 aliphatic carbocycles. The van der Waals surface area contributed by atoms with Gasteiger partial charge in [0.05, 0.1) is 27.7 Å². The van der Waals surface area contributed by atoms with Crippen LogP contribution in [0, 0.1) is 0 Å². The van der Waals surface area contributed by atoms with Crippen molar-refractivity contribution >= 4 is 19.8 Å². The standard InChI is InChI=1S/C33H66NO8P/c1-6-8-9-10-11-12-13-14-15-16-17-18-19-20-21-22-23-24-26-33(36)42-31(29-39-32(35)25-7-2)30-41-43(37,38)40-28-27-34(3,4)5/h31H,6-30H2,1-5H3/p+1. The Hall–Kier alpha value is -0.990. The van der Waals surface area contributed by atoms with Crippen molar-refractivity contribution in [2.45, 2.75) is 155 Å². The molecule has 43 heavy (non-hydrogen) atoms. The van der Waals surface area contributed by atoms with Crippen molar-refractivity contribution in [3.63, 3.8) is 0 Å². The third-order valence-electron chi connectivity index (χ3n) is 7.36. The van der Waals surface area contributed by atoms with E-state index in [-0.39, 0.29) is 26.1 Å². The average molecular weight is 637 g/mol. The molecule has 0 radical (unpaired) electrons. The lowest BCUT2D eigenvalue weighted by atomic mass is 10.0. The Kier molecular flexibility index (Phi) is 26.7. The van der Waals surface area contributed by atoms with Crippen LogP contribution < -0.4 is 0 Å². The summed E-state index contributed by atoms with van der Waals surface area (Å²) >= 11 is 0. The highest BCUT2D eigenvalue weighted by atomic mass is 31.2. The van der Waals surface area contributed by atoms with Gasteiger partial charge >= 0.3 is 19.8 Å². The molecule has 0 saturated carbocycles. The van der Waals surface area contributed by atoms with Gasteiger partial charge in [0.15, 0.2) is 6.10 Å². The summed E-state index contributed by atoms with van der Waals surface area (Å²) in [7, 11) is 1.48. The molecule has 0 fully saturated rings. The zero-order chi connectivity index (χ0) is 32.2. The molecule has 0 heterocycles. The van der Waals surface area contributed by atoms with Gasteiger partial charge in [-0.3, -0.25) is 18.6 Å². The van der Waals surface area contributed by atoms with Crippen LogP contribution >= 0.6 is 7.82 Å². The fourth-order valence-corrected chi connectivity index (χ4v) is 5.38. The molecule has 0 rings (SSSR count). The van der Waals surface area contributed by atoms with Gasteiger partial charge in [0.2, 0.25) is 0 Å². The minimum Gasteiger partial charge on any atom is -0.462 e. The molecule has 9 nitrogen and oxygen atoms in total. The Morgan fingerprint density at radius 2 is 1.09 bits per heavy atom. The summed E-state index contributed by atoms with van der Waals surface area (Å²) in [6, 6.07) is 0. The van der Waals surface area contributed by atoms with Crippen LogP contribution in [0.2, 0.25) is 0 Å². The van der Waals surface area contributed by atoms with Crippen molar-refractivity contribution < 1.29 is 42.1 Å². The molecule has 0 aromatic rings. The van der Waals surface area contributed by atoms with E-state index in [4.69, 9.17) is 18.5 Å². The maximum absolute atomic E-state index is 12.4. The number of phosphoric acid groups is 1. The number of nitrogens with zero attached hydrogens (tertiary/aromatic N) is 1. The van der Waals surface area contributed by atoms with Gasteiger partial charge in [0.1, 0.15) is 19.8 Å². The Balaban J connectivity index is 4.03. The van der Waals surface area contributed by atoms with E-state index in [1.807, 2.05) is 28.1 Å². The van der Waals surface area contributed by atoms with Gasteiger partial charge in [-0.25, -0.2) is 4.57 Å². The number of hydrogen-bond acceptors (Lipinski definition) is 7. The fraction of sp³-hybridized carbons (Fsp3) is 0.939. The molecule has 0 aliphatic rings. The molecule has 0 amide bonds. The van der Waals surface area contributed by atoms with E-state index >= 15 is 0 Å². The summed E-state index contributed by atoms with van der Waals surface area (Å²) in [5.41, 5.74) is 0. The summed E-state index contributed by atoms with van der Waals surface area (Å²) < 4.78 is 33.5. The molecule has 0 saturated heterocycles. The number of rotatable bonds is 31. The van der Waals surface area contributed by atoms with Crippen molar-refractivity contribution in [3.05, 3.63) is 0 Å².